The Morgan fingerprint density at radius 3 is 2.55 bits per heavy atom. The lowest BCUT2D eigenvalue weighted by molar-refractivity contribution is -0.141. The van der Waals surface area contributed by atoms with Gasteiger partial charge < -0.3 is 10.0 Å². The van der Waals surface area contributed by atoms with Crippen LogP contribution in [-0.2, 0) is 6.18 Å². The number of pyridine rings is 1. The summed E-state index contributed by atoms with van der Waals surface area (Å²) < 4.78 is 38.1. The Balaban J connectivity index is 2.41. The van der Waals surface area contributed by atoms with Crippen molar-refractivity contribution in [1.29, 1.82) is 0 Å². The summed E-state index contributed by atoms with van der Waals surface area (Å²) in [5, 5.41) is 9.11. The zero-order valence-electron chi connectivity index (χ0n) is 10.9. The summed E-state index contributed by atoms with van der Waals surface area (Å²) in [5.41, 5.74) is -1.26. The van der Waals surface area contributed by atoms with Gasteiger partial charge in [0.05, 0.1) is 0 Å². The highest BCUT2D eigenvalue weighted by Gasteiger charge is 2.35. The molecule has 1 aromatic rings. The Labute approximate surface area is 114 Å². The largest absolute Gasteiger partial charge is 0.478 e. The molecular formula is C13H15F3N2O2. The van der Waals surface area contributed by atoms with E-state index < -0.39 is 17.8 Å². The van der Waals surface area contributed by atoms with Gasteiger partial charge in [0.2, 0.25) is 0 Å². The van der Waals surface area contributed by atoms with Crippen molar-refractivity contribution in [1.82, 2.24) is 4.98 Å². The van der Waals surface area contributed by atoms with E-state index in [0.29, 0.717) is 25.1 Å². The number of aromatic nitrogens is 1. The molecule has 0 spiro atoms. The second kappa shape index (κ2) is 5.30. The molecule has 7 heteroatoms. The Morgan fingerprint density at radius 2 is 2.10 bits per heavy atom. The van der Waals surface area contributed by atoms with Crippen LogP contribution < -0.4 is 4.90 Å². The van der Waals surface area contributed by atoms with E-state index in [1.165, 1.54) is 0 Å². The maximum absolute atomic E-state index is 12.7. The Morgan fingerprint density at radius 1 is 1.45 bits per heavy atom. The summed E-state index contributed by atoms with van der Waals surface area (Å²) in [4.78, 5) is 16.3. The van der Waals surface area contributed by atoms with Crippen LogP contribution in [0.5, 0.6) is 0 Å². The molecule has 1 aromatic heterocycles. The quantitative estimate of drug-likeness (QED) is 0.904. The van der Waals surface area contributed by atoms with Crippen LogP contribution >= 0.6 is 0 Å². The molecule has 0 atom stereocenters. The second-order valence-corrected chi connectivity index (χ2v) is 4.85. The van der Waals surface area contributed by atoms with Crippen molar-refractivity contribution in [2.24, 2.45) is 5.92 Å². The lowest BCUT2D eigenvalue weighted by atomic mass is 10.2. The summed E-state index contributed by atoms with van der Waals surface area (Å²) in [6, 6.07) is 1.68. The number of hydrogen-bond donors (Lipinski definition) is 1. The Hall–Kier alpha value is -1.79. The number of carboxylic acid groups (broad SMARTS) is 1. The van der Waals surface area contributed by atoms with Gasteiger partial charge in [0.15, 0.2) is 0 Å². The predicted octanol–water partition coefficient (Wildman–Crippen LogP) is 3.03. The monoisotopic (exact) mass is 288 g/mol. The van der Waals surface area contributed by atoms with Crippen LogP contribution in [0.15, 0.2) is 12.1 Å². The van der Waals surface area contributed by atoms with E-state index in [0.717, 1.165) is 18.9 Å². The predicted molar refractivity (Wildman–Crippen MR) is 66.8 cm³/mol. The lowest BCUT2D eigenvalue weighted by Gasteiger charge is -2.24. The number of rotatable bonds is 5. The molecule has 0 amide bonds. The first-order chi connectivity index (χ1) is 9.32. The lowest BCUT2D eigenvalue weighted by Crippen LogP contribution is -2.29. The third-order valence-electron chi connectivity index (χ3n) is 3.25. The number of aromatic carboxylic acids is 1. The van der Waals surface area contributed by atoms with E-state index in [-0.39, 0.29) is 11.4 Å². The number of halogens is 3. The van der Waals surface area contributed by atoms with Gasteiger partial charge in [-0.3, -0.25) is 0 Å². The van der Waals surface area contributed by atoms with E-state index in [9.17, 15) is 18.0 Å². The molecule has 0 aromatic carbocycles. The molecular weight excluding hydrogens is 273 g/mol. The minimum atomic E-state index is -4.58. The zero-order chi connectivity index (χ0) is 14.9. The van der Waals surface area contributed by atoms with Crippen LogP contribution in [-0.4, -0.2) is 29.1 Å². The molecule has 0 bridgehead atoms. The van der Waals surface area contributed by atoms with Crippen molar-refractivity contribution in [3.05, 3.63) is 23.4 Å². The van der Waals surface area contributed by atoms with Crippen molar-refractivity contribution in [3.8, 4) is 0 Å². The van der Waals surface area contributed by atoms with Crippen molar-refractivity contribution in [2.45, 2.75) is 25.9 Å². The molecule has 1 N–H and O–H groups in total. The number of carbonyl (C=O) groups is 1. The van der Waals surface area contributed by atoms with Gasteiger partial charge in [-0.25, -0.2) is 9.78 Å². The summed E-state index contributed by atoms with van der Waals surface area (Å²) in [5.74, 6) is -0.940. The summed E-state index contributed by atoms with van der Waals surface area (Å²) in [6.45, 7) is 2.74. The van der Waals surface area contributed by atoms with Gasteiger partial charge in [-0.2, -0.15) is 13.2 Å². The van der Waals surface area contributed by atoms with E-state index in [4.69, 9.17) is 5.11 Å². The van der Waals surface area contributed by atoms with Crippen LogP contribution in [0.2, 0.25) is 0 Å². The van der Waals surface area contributed by atoms with Crippen molar-refractivity contribution in [2.75, 3.05) is 18.0 Å². The van der Waals surface area contributed by atoms with Crippen molar-refractivity contribution < 1.29 is 23.1 Å². The third-order valence-corrected chi connectivity index (χ3v) is 3.25. The molecule has 4 nitrogen and oxygen atoms in total. The second-order valence-electron chi connectivity index (χ2n) is 4.85. The maximum atomic E-state index is 12.7. The molecule has 1 saturated carbocycles. The molecule has 1 aliphatic rings. The van der Waals surface area contributed by atoms with E-state index >= 15 is 0 Å². The highest BCUT2D eigenvalue weighted by molar-refractivity contribution is 5.93. The van der Waals surface area contributed by atoms with Gasteiger partial charge in [0.25, 0.3) is 0 Å². The first kappa shape index (κ1) is 14.6. The third kappa shape index (κ3) is 3.20. The minimum Gasteiger partial charge on any atom is -0.478 e. The molecule has 0 aliphatic heterocycles. The minimum absolute atomic E-state index is 0.0956. The van der Waals surface area contributed by atoms with Gasteiger partial charge in [-0.05, 0) is 37.8 Å². The van der Waals surface area contributed by atoms with Gasteiger partial charge >= 0.3 is 12.1 Å². The number of nitrogens with zero attached hydrogens (tertiary/aromatic N) is 2. The molecule has 1 fully saturated rings. The topological polar surface area (TPSA) is 53.4 Å². The average molecular weight is 288 g/mol. The molecule has 110 valence electrons. The van der Waals surface area contributed by atoms with Crippen molar-refractivity contribution >= 4 is 11.8 Å². The molecule has 0 saturated heterocycles. The average Bonchev–Trinajstić information content (AvgIpc) is 3.18. The molecule has 0 unspecified atom stereocenters. The molecule has 0 radical (unpaired) electrons. The van der Waals surface area contributed by atoms with Gasteiger partial charge in [0.1, 0.15) is 17.1 Å². The molecule has 20 heavy (non-hydrogen) atoms. The van der Waals surface area contributed by atoms with Crippen LogP contribution in [0, 0.1) is 5.92 Å². The van der Waals surface area contributed by atoms with Gasteiger partial charge in [-0.1, -0.05) is 0 Å². The van der Waals surface area contributed by atoms with E-state index in [2.05, 4.69) is 4.98 Å². The van der Waals surface area contributed by atoms with Crippen LogP contribution in [0.3, 0.4) is 0 Å². The van der Waals surface area contributed by atoms with Gasteiger partial charge in [0, 0.05) is 13.1 Å². The van der Waals surface area contributed by atoms with Crippen molar-refractivity contribution in [3.63, 3.8) is 0 Å². The standard InChI is InChI=1S/C13H15F3N2O2/c1-2-18(7-8-3-4-8)11-9(12(19)20)5-6-10(17-11)13(14,15)16/h5-6,8H,2-4,7H2,1H3,(H,19,20). The van der Waals surface area contributed by atoms with E-state index in [1.54, 1.807) is 11.8 Å². The van der Waals surface area contributed by atoms with Gasteiger partial charge in [-0.15, -0.1) is 0 Å². The first-order valence-corrected chi connectivity index (χ1v) is 6.39. The summed E-state index contributed by atoms with van der Waals surface area (Å²) in [7, 11) is 0. The van der Waals surface area contributed by atoms with Crippen LogP contribution in [0.4, 0.5) is 19.0 Å². The van der Waals surface area contributed by atoms with Crippen LogP contribution in [0.1, 0.15) is 35.8 Å². The zero-order valence-corrected chi connectivity index (χ0v) is 10.9. The number of alkyl halides is 3. The maximum Gasteiger partial charge on any atom is 0.433 e. The molecule has 1 heterocycles. The highest BCUT2D eigenvalue weighted by Crippen LogP contribution is 2.34. The number of carboxylic acids is 1. The highest BCUT2D eigenvalue weighted by atomic mass is 19.4. The normalized spacial score (nSPS) is 15.2. The SMILES string of the molecule is CCN(CC1CC1)c1nc(C(F)(F)F)ccc1C(=O)O. The van der Waals surface area contributed by atoms with Crippen LogP contribution in [0.25, 0.3) is 0 Å². The summed E-state index contributed by atoms with van der Waals surface area (Å²) >= 11 is 0. The molecule has 2 rings (SSSR count). The number of hydrogen-bond acceptors (Lipinski definition) is 3. The fraction of sp³-hybridized carbons (Fsp3) is 0.538. The first-order valence-electron chi connectivity index (χ1n) is 6.39. The van der Waals surface area contributed by atoms with E-state index in [1.807, 2.05) is 0 Å². The number of anilines is 1. The molecule has 1 aliphatic carbocycles. The Kier molecular flexibility index (Phi) is 3.87. The fourth-order valence-electron chi connectivity index (χ4n) is 1.99. The smallest absolute Gasteiger partial charge is 0.433 e. The summed E-state index contributed by atoms with van der Waals surface area (Å²) in [6.07, 6.45) is -2.53. The fourth-order valence-corrected chi connectivity index (χ4v) is 1.99. The Bertz CT molecular complexity index is 513.